The number of carbonyl (C=O) groups is 1. The van der Waals surface area contributed by atoms with Gasteiger partial charge in [-0.1, -0.05) is 5.16 Å². The number of carbonyl (C=O) groups excluding carboxylic acids is 1. The van der Waals surface area contributed by atoms with Crippen molar-refractivity contribution in [3.05, 3.63) is 35.9 Å². The zero-order valence-corrected chi connectivity index (χ0v) is 13.6. The Morgan fingerprint density at radius 1 is 1.33 bits per heavy atom. The summed E-state index contributed by atoms with van der Waals surface area (Å²) in [5.74, 6) is 1.12. The second-order valence-electron chi connectivity index (χ2n) is 5.59. The van der Waals surface area contributed by atoms with Crippen molar-refractivity contribution in [3.8, 4) is 0 Å². The molecule has 128 valence electrons. The number of hydrogen-bond acceptors (Lipinski definition) is 7. The highest BCUT2D eigenvalue weighted by molar-refractivity contribution is 5.93. The van der Waals surface area contributed by atoms with Gasteiger partial charge in [0.05, 0.1) is 13.2 Å². The SMILES string of the molecule is Cc1cc(Nc2ccnc(C(=O)NCCN3CCOCC3)c2)no1. The van der Waals surface area contributed by atoms with Crippen molar-refractivity contribution in [2.24, 2.45) is 0 Å². The number of morpholine rings is 1. The maximum atomic E-state index is 12.2. The molecule has 1 amide bonds. The summed E-state index contributed by atoms with van der Waals surface area (Å²) in [5.41, 5.74) is 1.10. The molecule has 1 saturated heterocycles. The van der Waals surface area contributed by atoms with Crippen molar-refractivity contribution in [3.63, 3.8) is 0 Å². The maximum absolute atomic E-state index is 12.2. The minimum atomic E-state index is -0.191. The third-order valence-electron chi connectivity index (χ3n) is 3.71. The first-order valence-electron chi connectivity index (χ1n) is 7.95. The second-order valence-corrected chi connectivity index (χ2v) is 5.59. The summed E-state index contributed by atoms with van der Waals surface area (Å²) in [5, 5.41) is 9.84. The molecule has 1 fully saturated rings. The maximum Gasteiger partial charge on any atom is 0.269 e. The van der Waals surface area contributed by atoms with Crippen LogP contribution >= 0.6 is 0 Å². The fourth-order valence-corrected chi connectivity index (χ4v) is 2.45. The van der Waals surface area contributed by atoms with Gasteiger partial charge in [-0.15, -0.1) is 0 Å². The Labute approximate surface area is 140 Å². The van der Waals surface area contributed by atoms with Crippen LogP contribution in [-0.2, 0) is 4.74 Å². The van der Waals surface area contributed by atoms with Crippen molar-refractivity contribution in [2.45, 2.75) is 6.92 Å². The first-order chi connectivity index (χ1) is 11.7. The first kappa shape index (κ1) is 16.4. The highest BCUT2D eigenvalue weighted by Crippen LogP contribution is 2.16. The minimum absolute atomic E-state index is 0.191. The molecule has 0 spiro atoms. The zero-order chi connectivity index (χ0) is 16.8. The van der Waals surface area contributed by atoms with E-state index in [2.05, 4.69) is 25.7 Å². The van der Waals surface area contributed by atoms with E-state index in [4.69, 9.17) is 9.26 Å². The fraction of sp³-hybridized carbons (Fsp3) is 0.438. The molecule has 3 heterocycles. The van der Waals surface area contributed by atoms with Gasteiger partial charge in [0.15, 0.2) is 5.82 Å². The average molecular weight is 331 g/mol. The number of rotatable bonds is 6. The molecule has 0 aliphatic carbocycles. The lowest BCUT2D eigenvalue weighted by Gasteiger charge is -2.26. The van der Waals surface area contributed by atoms with Crippen LogP contribution in [-0.4, -0.2) is 60.3 Å². The van der Waals surface area contributed by atoms with E-state index in [0.717, 1.165) is 38.5 Å². The van der Waals surface area contributed by atoms with Crippen molar-refractivity contribution >= 4 is 17.4 Å². The summed E-state index contributed by atoms with van der Waals surface area (Å²) >= 11 is 0. The number of ether oxygens (including phenoxy) is 1. The van der Waals surface area contributed by atoms with Crippen molar-refractivity contribution in [1.82, 2.24) is 20.4 Å². The van der Waals surface area contributed by atoms with Crippen LogP contribution in [0, 0.1) is 6.92 Å². The standard InChI is InChI=1S/C16H21N5O3/c1-12-10-15(20-24-12)19-13-2-3-17-14(11-13)16(22)18-4-5-21-6-8-23-9-7-21/h2-3,10-11H,4-9H2,1H3,(H,18,22)(H,17,19,20). The van der Waals surface area contributed by atoms with E-state index in [1.54, 1.807) is 24.4 Å². The largest absolute Gasteiger partial charge is 0.379 e. The van der Waals surface area contributed by atoms with Gasteiger partial charge in [-0.3, -0.25) is 14.7 Å². The highest BCUT2D eigenvalue weighted by atomic mass is 16.5. The predicted molar refractivity (Wildman–Crippen MR) is 88.4 cm³/mol. The third-order valence-corrected chi connectivity index (χ3v) is 3.71. The molecule has 1 aliphatic heterocycles. The number of hydrogen-bond donors (Lipinski definition) is 2. The molecule has 0 unspecified atom stereocenters. The predicted octanol–water partition coefficient (Wildman–Crippen LogP) is 1.18. The Morgan fingerprint density at radius 2 is 2.17 bits per heavy atom. The quantitative estimate of drug-likeness (QED) is 0.821. The molecule has 0 bridgehead atoms. The van der Waals surface area contributed by atoms with Gasteiger partial charge in [0, 0.05) is 44.1 Å². The van der Waals surface area contributed by atoms with Gasteiger partial charge in [-0.2, -0.15) is 0 Å². The summed E-state index contributed by atoms with van der Waals surface area (Å²) in [7, 11) is 0. The fourth-order valence-electron chi connectivity index (χ4n) is 2.45. The van der Waals surface area contributed by atoms with Crippen molar-refractivity contribution < 1.29 is 14.1 Å². The molecule has 2 aromatic heterocycles. The van der Waals surface area contributed by atoms with Crippen LogP contribution in [0.5, 0.6) is 0 Å². The van der Waals surface area contributed by atoms with Crippen molar-refractivity contribution in [2.75, 3.05) is 44.7 Å². The Balaban J connectivity index is 1.51. The Morgan fingerprint density at radius 3 is 2.92 bits per heavy atom. The number of amides is 1. The summed E-state index contributed by atoms with van der Waals surface area (Å²) in [6.45, 7) is 6.54. The zero-order valence-electron chi connectivity index (χ0n) is 13.6. The van der Waals surface area contributed by atoms with Gasteiger partial charge >= 0.3 is 0 Å². The van der Waals surface area contributed by atoms with E-state index in [1.807, 2.05) is 6.92 Å². The highest BCUT2D eigenvalue weighted by Gasteiger charge is 2.12. The van der Waals surface area contributed by atoms with Crippen molar-refractivity contribution in [1.29, 1.82) is 0 Å². The number of nitrogens with zero attached hydrogens (tertiary/aromatic N) is 3. The number of aromatic nitrogens is 2. The molecule has 2 N–H and O–H groups in total. The monoisotopic (exact) mass is 331 g/mol. The average Bonchev–Trinajstić information content (AvgIpc) is 3.01. The van der Waals surface area contributed by atoms with Crippen LogP contribution < -0.4 is 10.6 Å². The summed E-state index contributed by atoms with van der Waals surface area (Å²) in [4.78, 5) is 18.6. The molecule has 24 heavy (non-hydrogen) atoms. The molecular formula is C16H21N5O3. The molecule has 3 rings (SSSR count). The van der Waals surface area contributed by atoms with Gasteiger partial charge in [-0.05, 0) is 19.1 Å². The molecule has 0 saturated carbocycles. The van der Waals surface area contributed by atoms with Gasteiger partial charge in [0.25, 0.3) is 5.91 Å². The van der Waals surface area contributed by atoms with Crippen LogP contribution in [0.4, 0.5) is 11.5 Å². The number of nitrogens with one attached hydrogen (secondary N) is 2. The van der Waals surface area contributed by atoms with E-state index in [9.17, 15) is 4.79 Å². The van der Waals surface area contributed by atoms with Gasteiger partial charge in [-0.25, -0.2) is 0 Å². The van der Waals surface area contributed by atoms with E-state index in [-0.39, 0.29) is 5.91 Å². The lowest BCUT2D eigenvalue weighted by molar-refractivity contribution is 0.0383. The normalized spacial score (nSPS) is 15.2. The number of pyridine rings is 1. The Bertz CT molecular complexity index is 682. The van der Waals surface area contributed by atoms with Crippen LogP contribution in [0.1, 0.15) is 16.2 Å². The van der Waals surface area contributed by atoms with Crippen LogP contribution in [0.3, 0.4) is 0 Å². The topological polar surface area (TPSA) is 92.5 Å². The molecule has 0 radical (unpaired) electrons. The lowest BCUT2D eigenvalue weighted by atomic mass is 10.3. The van der Waals surface area contributed by atoms with Gasteiger partial charge in [0.1, 0.15) is 11.5 Å². The van der Waals surface area contributed by atoms with Gasteiger partial charge in [0.2, 0.25) is 0 Å². The van der Waals surface area contributed by atoms with E-state index >= 15 is 0 Å². The molecular weight excluding hydrogens is 310 g/mol. The summed E-state index contributed by atoms with van der Waals surface area (Å²) in [6.07, 6.45) is 1.59. The number of anilines is 2. The van der Waals surface area contributed by atoms with E-state index in [0.29, 0.717) is 23.8 Å². The van der Waals surface area contributed by atoms with Gasteiger partial charge < -0.3 is 19.9 Å². The molecule has 8 heteroatoms. The Hall–Kier alpha value is -2.45. The Kier molecular flexibility index (Phi) is 5.39. The molecule has 0 atom stereocenters. The summed E-state index contributed by atoms with van der Waals surface area (Å²) < 4.78 is 10.3. The van der Waals surface area contributed by atoms with Crippen LogP contribution in [0.15, 0.2) is 28.9 Å². The minimum Gasteiger partial charge on any atom is -0.379 e. The molecule has 8 nitrogen and oxygen atoms in total. The summed E-state index contributed by atoms with van der Waals surface area (Å²) in [6, 6.07) is 5.24. The van der Waals surface area contributed by atoms with E-state index in [1.165, 1.54) is 0 Å². The van der Waals surface area contributed by atoms with Crippen LogP contribution in [0.25, 0.3) is 0 Å². The molecule has 0 aromatic carbocycles. The number of aryl methyl sites for hydroxylation is 1. The molecule has 2 aromatic rings. The smallest absolute Gasteiger partial charge is 0.269 e. The third kappa shape index (κ3) is 4.53. The second kappa shape index (κ2) is 7.89. The van der Waals surface area contributed by atoms with Crippen LogP contribution in [0.2, 0.25) is 0 Å². The lowest BCUT2D eigenvalue weighted by Crippen LogP contribution is -2.41. The molecule has 1 aliphatic rings. The first-order valence-corrected chi connectivity index (χ1v) is 7.95. The van der Waals surface area contributed by atoms with E-state index < -0.39 is 0 Å².